The SMILES string of the molecule is Nc1cccc2ccc(-c3ccncc3)nc12. The van der Waals surface area contributed by atoms with E-state index in [0.29, 0.717) is 5.69 Å². The molecule has 2 N–H and O–H groups in total. The molecule has 0 spiro atoms. The van der Waals surface area contributed by atoms with Crippen LogP contribution in [-0.2, 0) is 0 Å². The first-order valence-corrected chi connectivity index (χ1v) is 5.40. The molecular weight excluding hydrogens is 210 g/mol. The van der Waals surface area contributed by atoms with Crippen molar-refractivity contribution in [3.05, 3.63) is 54.9 Å². The average molecular weight is 221 g/mol. The Morgan fingerprint density at radius 2 is 1.71 bits per heavy atom. The number of para-hydroxylation sites is 1. The first-order valence-electron chi connectivity index (χ1n) is 5.40. The van der Waals surface area contributed by atoms with Crippen LogP contribution in [0.2, 0.25) is 0 Å². The normalized spacial score (nSPS) is 10.6. The highest BCUT2D eigenvalue weighted by molar-refractivity contribution is 5.90. The number of nitrogens with two attached hydrogens (primary N) is 1. The van der Waals surface area contributed by atoms with E-state index in [1.807, 2.05) is 42.5 Å². The van der Waals surface area contributed by atoms with E-state index in [0.717, 1.165) is 22.2 Å². The molecule has 3 rings (SSSR count). The largest absolute Gasteiger partial charge is 0.397 e. The van der Waals surface area contributed by atoms with Crippen LogP contribution in [0.1, 0.15) is 0 Å². The van der Waals surface area contributed by atoms with Crippen molar-refractivity contribution in [3.63, 3.8) is 0 Å². The summed E-state index contributed by atoms with van der Waals surface area (Å²) in [5.41, 5.74) is 9.45. The lowest BCUT2D eigenvalue weighted by atomic mass is 10.1. The summed E-state index contributed by atoms with van der Waals surface area (Å²) >= 11 is 0. The van der Waals surface area contributed by atoms with Gasteiger partial charge < -0.3 is 5.73 Å². The van der Waals surface area contributed by atoms with Crippen molar-refractivity contribution in [2.45, 2.75) is 0 Å². The number of hydrogen-bond acceptors (Lipinski definition) is 3. The zero-order valence-electron chi connectivity index (χ0n) is 9.17. The molecule has 0 radical (unpaired) electrons. The van der Waals surface area contributed by atoms with Crippen molar-refractivity contribution in [3.8, 4) is 11.3 Å². The summed E-state index contributed by atoms with van der Waals surface area (Å²) in [7, 11) is 0. The van der Waals surface area contributed by atoms with E-state index in [1.54, 1.807) is 12.4 Å². The van der Waals surface area contributed by atoms with Crippen LogP contribution in [0, 0.1) is 0 Å². The van der Waals surface area contributed by atoms with Gasteiger partial charge in [-0.05, 0) is 24.3 Å². The molecule has 0 aliphatic heterocycles. The van der Waals surface area contributed by atoms with Gasteiger partial charge in [0.1, 0.15) is 0 Å². The second-order valence-corrected chi connectivity index (χ2v) is 3.85. The number of fused-ring (bicyclic) bond motifs is 1. The van der Waals surface area contributed by atoms with Gasteiger partial charge in [-0.25, -0.2) is 4.98 Å². The van der Waals surface area contributed by atoms with Gasteiger partial charge in [0.15, 0.2) is 0 Å². The van der Waals surface area contributed by atoms with Crippen LogP contribution in [0.5, 0.6) is 0 Å². The fourth-order valence-corrected chi connectivity index (χ4v) is 1.85. The molecule has 2 aromatic heterocycles. The zero-order chi connectivity index (χ0) is 11.7. The van der Waals surface area contributed by atoms with Crippen LogP contribution in [0.3, 0.4) is 0 Å². The standard InChI is InChI=1S/C14H11N3/c15-12-3-1-2-11-4-5-13(17-14(11)12)10-6-8-16-9-7-10/h1-9H,15H2. The molecular formula is C14H11N3. The molecule has 0 saturated heterocycles. The number of hydrogen-bond donors (Lipinski definition) is 1. The predicted molar refractivity (Wildman–Crippen MR) is 69.4 cm³/mol. The molecule has 2 heterocycles. The molecule has 82 valence electrons. The van der Waals surface area contributed by atoms with Gasteiger partial charge in [0.25, 0.3) is 0 Å². The summed E-state index contributed by atoms with van der Waals surface area (Å²) < 4.78 is 0. The van der Waals surface area contributed by atoms with Gasteiger partial charge in [-0.1, -0.05) is 18.2 Å². The number of aromatic nitrogens is 2. The quantitative estimate of drug-likeness (QED) is 0.643. The average Bonchev–Trinajstić information content (AvgIpc) is 2.40. The van der Waals surface area contributed by atoms with Crippen molar-refractivity contribution in [2.24, 2.45) is 0 Å². The van der Waals surface area contributed by atoms with E-state index < -0.39 is 0 Å². The summed E-state index contributed by atoms with van der Waals surface area (Å²) in [6.07, 6.45) is 3.52. The second-order valence-electron chi connectivity index (χ2n) is 3.85. The van der Waals surface area contributed by atoms with Gasteiger partial charge in [0, 0.05) is 23.3 Å². The maximum atomic E-state index is 5.93. The Hall–Kier alpha value is -2.42. The molecule has 0 atom stereocenters. The minimum absolute atomic E-state index is 0.707. The van der Waals surface area contributed by atoms with Crippen LogP contribution in [0.4, 0.5) is 5.69 Å². The molecule has 0 aliphatic rings. The fourth-order valence-electron chi connectivity index (χ4n) is 1.85. The molecule has 0 bridgehead atoms. The Bertz CT molecular complexity index is 663. The molecule has 0 fully saturated rings. The molecule has 0 aliphatic carbocycles. The number of nitrogens with zero attached hydrogens (tertiary/aromatic N) is 2. The maximum Gasteiger partial charge on any atom is 0.0938 e. The Morgan fingerprint density at radius 1 is 0.882 bits per heavy atom. The third-order valence-electron chi connectivity index (χ3n) is 2.73. The van der Waals surface area contributed by atoms with Crippen molar-refractivity contribution in [2.75, 3.05) is 5.73 Å². The van der Waals surface area contributed by atoms with Crippen LogP contribution >= 0.6 is 0 Å². The first kappa shape index (κ1) is 9.78. The number of rotatable bonds is 1. The summed E-state index contributed by atoms with van der Waals surface area (Å²) in [6.45, 7) is 0. The van der Waals surface area contributed by atoms with Gasteiger partial charge in [-0.2, -0.15) is 0 Å². The predicted octanol–water partition coefficient (Wildman–Crippen LogP) is 2.88. The van der Waals surface area contributed by atoms with E-state index in [2.05, 4.69) is 9.97 Å². The monoisotopic (exact) mass is 221 g/mol. The van der Waals surface area contributed by atoms with Gasteiger partial charge in [-0.3, -0.25) is 4.98 Å². The Labute approximate surface area is 98.9 Å². The number of anilines is 1. The lowest BCUT2D eigenvalue weighted by molar-refractivity contribution is 1.31. The van der Waals surface area contributed by atoms with Crippen molar-refractivity contribution >= 4 is 16.6 Å². The van der Waals surface area contributed by atoms with Crippen LogP contribution in [-0.4, -0.2) is 9.97 Å². The Morgan fingerprint density at radius 3 is 2.53 bits per heavy atom. The third kappa shape index (κ3) is 1.72. The van der Waals surface area contributed by atoms with E-state index in [1.165, 1.54) is 0 Å². The molecule has 3 aromatic rings. The summed E-state index contributed by atoms with van der Waals surface area (Å²) in [5.74, 6) is 0. The highest BCUT2D eigenvalue weighted by Gasteiger charge is 2.02. The lowest BCUT2D eigenvalue weighted by Gasteiger charge is -2.04. The first-order chi connectivity index (χ1) is 8.34. The van der Waals surface area contributed by atoms with E-state index in [-0.39, 0.29) is 0 Å². The van der Waals surface area contributed by atoms with Gasteiger partial charge in [0.05, 0.1) is 16.9 Å². The number of benzene rings is 1. The highest BCUT2D eigenvalue weighted by atomic mass is 14.7. The lowest BCUT2D eigenvalue weighted by Crippen LogP contribution is -1.91. The molecule has 17 heavy (non-hydrogen) atoms. The van der Waals surface area contributed by atoms with Crippen molar-refractivity contribution < 1.29 is 0 Å². The molecule has 0 amide bonds. The summed E-state index contributed by atoms with van der Waals surface area (Å²) in [4.78, 5) is 8.59. The van der Waals surface area contributed by atoms with Gasteiger partial charge >= 0.3 is 0 Å². The Balaban J connectivity index is 2.23. The van der Waals surface area contributed by atoms with E-state index in [4.69, 9.17) is 5.73 Å². The number of pyridine rings is 2. The fraction of sp³-hybridized carbons (Fsp3) is 0. The minimum atomic E-state index is 0.707. The van der Waals surface area contributed by atoms with Gasteiger partial charge in [0.2, 0.25) is 0 Å². The van der Waals surface area contributed by atoms with Crippen LogP contribution in [0.15, 0.2) is 54.9 Å². The maximum absolute atomic E-state index is 5.93. The second kappa shape index (κ2) is 3.87. The highest BCUT2D eigenvalue weighted by Crippen LogP contribution is 2.23. The Kier molecular flexibility index (Phi) is 2.22. The van der Waals surface area contributed by atoms with E-state index >= 15 is 0 Å². The van der Waals surface area contributed by atoms with Crippen molar-refractivity contribution in [1.29, 1.82) is 0 Å². The topological polar surface area (TPSA) is 51.8 Å². The molecule has 3 nitrogen and oxygen atoms in total. The molecule has 1 aromatic carbocycles. The summed E-state index contributed by atoms with van der Waals surface area (Å²) in [6, 6.07) is 13.7. The number of nitrogen functional groups attached to an aromatic ring is 1. The van der Waals surface area contributed by atoms with Crippen LogP contribution in [0.25, 0.3) is 22.2 Å². The summed E-state index contributed by atoms with van der Waals surface area (Å²) in [5, 5.41) is 1.06. The van der Waals surface area contributed by atoms with Crippen LogP contribution < -0.4 is 5.73 Å². The molecule has 3 heteroatoms. The minimum Gasteiger partial charge on any atom is -0.397 e. The van der Waals surface area contributed by atoms with Crippen molar-refractivity contribution in [1.82, 2.24) is 9.97 Å². The molecule has 0 unspecified atom stereocenters. The van der Waals surface area contributed by atoms with E-state index in [9.17, 15) is 0 Å². The third-order valence-corrected chi connectivity index (χ3v) is 2.73. The smallest absolute Gasteiger partial charge is 0.0938 e. The molecule has 0 saturated carbocycles. The van der Waals surface area contributed by atoms with Gasteiger partial charge in [-0.15, -0.1) is 0 Å². The zero-order valence-corrected chi connectivity index (χ0v) is 9.17.